The molecule has 6 rings (SSSR count). The van der Waals surface area contributed by atoms with Crippen LogP contribution in [0.4, 0.5) is 52.7 Å². The summed E-state index contributed by atoms with van der Waals surface area (Å²) in [6, 6.07) is 18.0. The van der Waals surface area contributed by atoms with Crippen molar-refractivity contribution in [2.75, 3.05) is 0 Å². The number of benzene rings is 5. The maximum absolute atomic E-state index is 13.7. The van der Waals surface area contributed by atoms with Crippen LogP contribution in [0.2, 0.25) is 0 Å². The summed E-state index contributed by atoms with van der Waals surface area (Å²) in [5, 5.41) is 0.552. The first-order valence-corrected chi connectivity index (χ1v) is 15.2. The van der Waals surface area contributed by atoms with Crippen molar-refractivity contribution in [2.24, 2.45) is 0 Å². The van der Waals surface area contributed by atoms with Crippen LogP contribution in [0.25, 0.3) is 49.7 Å². The van der Waals surface area contributed by atoms with Gasteiger partial charge in [0, 0.05) is 16.5 Å². The van der Waals surface area contributed by atoms with E-state index in [-0.39, 0.29) is 39.4 Å². The standard InChI is InChI=1S/C38H25F12N/c1-34(2,3)24-6-8-29(9-7-24)51-32-10-4-20(22-12-25(35(39,40)41)18-26(13-22)36(42,43)44)16-30(32)31-17-21(5-11-33(31)51)23-14-27(37(45,46)47)19-28(15-23)38(48,49)50/h4-19H,1-3H3. The molecule has 0 aliphatic rings. The fourth-order valence-corrected chi connectivity index (χ4v) is 6.01. The maximum Gasteiger partial charge on any atom is 0.416 e. The van der Waals surface area contributed by atoms with Crippen molar-refractivity contribution in [3.8, 4) is 27.9 Å². The van der Waals surface area contributed by atoms with Crippen LogP contribution in [0.3, 0.4) is 0 Å². The minimum Gasteiger partial charge on any atom is -0.309 e. The lowest BCUT2D eigenvalue weighted by molar-refractivity contribution is -0.144. The molecule has 0 radical (unpaired) electrons. The second-order valence-corrected chi connectivity index (χ2v) is 13.2. The number of alkyl halides is 12. The van der Waals surface area contributed by atoms with E-state index in [0.29, 0.717) is 41.0 Å². The highest BCUT2D eigenvalue weighted by molar-refractivity contribution is 6.11. The van der Waals surface area contributed by atoms with Crippen molar-refractivity contribution in [3.63, 3.8) is 0 Å². The molecular formula is C38H25F12N. The van der Waals surface area contributed by atoms with Crippen LogP contribution in [0.15, 0.2) is 97.1 Å². The van der Waals surface area contributed by atoms with Crippen LogP contribution in [0, 0.1) is 0 Å². The highest BCUT2D eigenvalue weighted by Gasteiger charge is 2.38. The Labute approximate surface area is 282 Å². The Hall–Kier alpha value is -4.94. The molecule has 13 heteroatoms. The smallest absolute Gasteiger partial charge is 0.309 e. The third-order valence-corrected chi connectivity index (χ3v) is 8.60. The summed E-state index contributed by atoms with van der Waals surface area (Å²) in [6.45, 7) is 6.00. The molecular weight excluding hydrogens is 698 g/mol. The van der Waals surface area contributed by atoms with Crippen LogP contribution in [-0.2, 0) is 30.1 Å². The molecule has 0 bridgehead atoms. The molecule has 0 amide bonds. The van der Waals surface area contributed by atoms with Gasteiger partial charge in [0.1, 0.15) is 0 Å². The van der Waals surface area contributed by atoms with Gasteiger partial charge in [-0.2, -0.15) is 52.7 Å². The zero-order valence-electron chi connectivity index (χ0n) is 26.7. The molecule has 0 atom stereocenters. The molecule has 0 aliphatic heterocycles. The Morgan fingerprint density at radius 2 is 0.686 bits per heavy atom. The van der Waals surface area contributed by atoms with E-state index in [2.05, 4.69) is 0 Å². The third kappa shape index (κ3) is 7.02. The van der Waals surface area contributed by atoms with Gasteiger partial charge in [-0.15, -0.1) is 0 Å². The monoisotopic (exact) mass is 723 g/mol. The van der Waals surface area contributed by atoms with Gasteiger partial charge < -0.3 is 4.57 Å². The van der Waals surface area contributed by atoms with Gasteiger partial charge in [-0.1, -0.05) is 45.0 Å². The van der Waals surface area contributed by atoms with Crippen LogP contribution < -0.4 is 0 Å². The zero-order valence-corrected chi connectivity index (χ0v) is 26.7. The normalized spacial score (nSPS) is 13.4. The second kappa shape index (κ2) is 11.8. The maximum atomic E-state index is 13.7. The van der Waals surface area contributed by atoms with Crippen molar-refractivity contribution in [3.05, 3.63) is 125 Å². The van der Waals surface area contributed by atoms with E-state index < -0.39 is 58.1 Å². The lowest BCUT2D eigenvalue weighted by Crippen LogP contribution is -2.11. The van der Waals surface area contributed by atoms with E-state index >= 15 is 0 Å². The summed E-state index contributed by atoms with van der Waals surface area (Å²) in [6.07, 6.45) is -20.4. The fourth-order valence-electron chi connectivity index (χ4n) is 6.01. The molecule has 6 aromatic rings. The van der Waals surface area contributed by atoms with Crippen molar-refractivity contribution in [2.45, 2.75) is 50.9 Å². The summed E-state index contributed by atoms with van der Waals surface area (Å²) in [5.74, 6) is 0. The second-order valence-electron chi connectivity index (χ2n) is 13.2. The van der Waals surface area contributed by atoms with Crippen molar-refractivity contribution in [1.29, 1.82) is 0 Å². The molecule has 0 spiro atoms. The molecule has 5 aromatic carbocycles. The Bertz CT molecular complexity index is 2080. The van der Waals surface area contributed by atoms with Crippen LogP contribution in [0.1, 0.15) is 48.6 Å². The molecule has 0 fully saturated rings. The topological polar surface area (TPSA) is 4.93 Å². The van der Waals surface area contributed by atoms with Gasteiger partial charge >= 0.3 is 24.7 Å². The van der Waals surface area contributed by atoms with Gasteiger partial charge in [-0.25, -0.2) is 0 Å². The van der Waals surface area contributed by atoms with E-state index in [0.717, 1.165) is 5.56 Å². The fraction of sp³-hybridized carbons (Fsp3) is 0.211. The summed E-state index contributed by atoms with van der Waals surface area (Å²) >= 11 is 0. The molecule has 0 saturated carbocycles. The van der Waals surface area contributed by atoms with Crippen LogP contribution >= 0.6 is 0 Å². The van der Waals surface area contributed by atoms with Gasteiger partial charge in [-0.3, -0.25) is 0 Å². The van der Waals surface area contributed by atoms with Gasteiger partial charge in [0.2, 0.25) is 0 Å². The van der Waals surface area contributed by atoms with Crippen LogP contribution in [-0.4, -0.2) is 4.57 Å². The van der Waals surface area contributed by atoms with E-state index in [1.807, 2.05) is 32.9 Å². The number of hydrogen-bond donors (Lipinski definition) is 0. The van der Waals surface area contributed by atoms with E-state index in [1.165, 1.54) is 36.4 Å². The summed E-state index contributed by atoms with van der Waals surface area (Å²) in [4.78, 5) is 0. The number of nitrogens with zero attached hydrogens (tertiary/aromatic N) is 1. The zero-order chi connectivity index (χ0) is 37.5. The third-order valence-electron chi connectivity index (χ3n) is 8.60. The van der Waals surface area contributed by atoms with E-state index in [4.69, 9.17) is 0 Å². The highest BCUT2D eigenvalue weighted by Crippen LogP contribution is 2.43. The lowest BCUT2D eigenvalue weighted by Gasteiger charge is -2.19. The van der Waals surface area contributed by atoms with Crippen LogP contribution in [0.5, 0.6) is 0 Å². The number of hydrogen-bond acceptors (Lipinski definition) is 0. The number of rotatable bonds is 3. The molecule has 1 aromatic heterocycles. The van der Waals surface area contributed by atoms with Crippen molar-refractivity contribution in [1.82, 2.24) is 4.57 Å². The quantitative estimate of drug-likeness (QED) is 0.160. The van der Waals surface area contributed by atoms with Crippen molar-refractivity contribution >= 4 is 21.8 Å². The minimum atomic E-state index is -5.11. The molecule has 51 heavy (non-hydrogen) atoms. The molecule has 0 N–H and O–H groups in total. The average Bonchev–Trinajstić information content (AvgIpc) is 3.35. The average molecular weight is 724 g/mol. The molecule has 1 nitrogen and oxygen atoms in total. The first-order chi connectivity index (χ1) is 23.4. The van der Waals surface area contributed by atoms with E-state index in [9.17, 15) is 52.7 Å². The molecule has 0 saturated heterocycles. The first-order valence-electron chi connectivity index (χ1n) is 15.2. The predicted octanol–water partition coefficient (Wildman–Crippen LogP) is 13.5. The Kier molecular flexibility index (Phi) is 8.31. The lowest BCUT2D eigenvalue weighted by atomic mass is 9.87. The van der Waals surface area contributed by atoms with Crippen molar-refractivity contribution < 1.29 is 52.7 Å². The van der Waals surface area contributed by atoms with Gasteiger partial charge in [0.15, 0.2) is 0 Å². The molecule has 0 unspecified atom stereocenters. The Balaban J connectivity index is 1.64. The van der Waals surface area contributed by atoms with E-state index in [1.54, 1.807) is 16.7 Å². The van der Waals surface area contributed by atoms with Gasteiger partial charge in [-0.05, 0) is 106 Å². The van der Waals surface area contributed by atoms with Gasteiger partial charge in [0.25, 0.3) is 0 Å². The predicted molar refractivity (Wildman–Crippen MR) is 170 cm³/mol. The molecule has 1 heterocycles. The SMILES string of the molecule is CC(C)(C)c1ccc(-n2c3ccc(-c4cc(C(F)(F)F)cc(C(F)(F)F)c4)cc3c3cc(-c4cc(C(F)(F)F)cc(C(F)(F)F)c4)ccc32)cc1. The largest absolute Gasteiger partial charge is 0.416 e. The number of fused-ring (bicyclic) bond motifs is 3. The minimum absolute atomic E-state index is 0.00565. The number of aromatic nitrogens is 1. The highest BCUT2D eigenvalue weighted by atomic mass is 19.4. The molecule has 0 aliphatic carbocycles. The Morgan fingerprint density at radius 3 is 0.980 bits per heavy atom. The summed E-state index contributed by atoms with van der Waals surface area (Å²) in [5.41, 5.74) is -4.78. The Morgan fingerprint density at radius 1 is 0.353 bits per heavy atom. The number of halogens is 12. The van der Waals surface area contributed by atoms with Gasteiger partial charge in [0.05, 0.1) is 33.3 Å². The summed E-state index contributed by atoms with van der Waals surface area (Å²) in [7, 11) is 0. The first kappa shape index (κ1) is 35.9. The summed E-state index contributed by atoms with van der Waals surface area (Å²) < 4.78 is 166. The molecule has 266 valence electrons.